The van der Waals surface area contributed by atoms with Gasteiger partial charge in [-0.1, -0.05) is 30.3 Å². The lowest BCUT2D eigenvalue weighted by Gasteiger charge is -2.12. The van der Waals surface area contributed by atoms with Crippen LogP contribution in [0.1, 0.15) is 5.56 Å². The lowest BCUT2D eigenvalue weighted by atomic mass is 10.1. The van der Waals surface area contributed by atoms with Gasteiger partial charge >= 0.3 is 0 Å². The van der Waals surface area contributed by atoms with Gasteiger partial charge in [0, 0.05) is 25.3 Å². The first-order chi connectivity index (χ1) is 11.1. The molecule has 114 valence electrons. The van der Waals surface area contributed by atoms with Crippen molar-refractivity contribution in [2.45, 2.75) is 0 Å². The lowest BCUT2D eigenvalue weighted by Crippen LogP contribution is -2.07. The van der Waals surface area contributed by atoms with Gasteiger partial charge in [0.05, 0.1) is 5.69 Å². The molecule has 0 aliphatic heterocycles. The minimum absolute atomic E-state index is 0.352. The highest BCUT2D eigenvalue weighted by molar-refractivity contribution is 5.74. The summed E-state index contributed by atoms with van der Waals surface area (Å²) in [4.78, 5) is 2.02. The summed E-state index contributed by atoms with van der Waals surface area (Å²) in [5, 5.41) is 14.0. The Hall–Kier alpha value is -3.26. The quantitative estimate of drug-likeness (QED) is 0.807. The van der Waals surface area contributed by atoms with Gasteiger partial charge in [-0.2, -0.15) is 10.4 Å². The van der Waals surface area contributed by atoms with Crippen molar-refractivity contribution in [3.63, 3.8) is 0 Å². The van der Waals surface area contributed by atoms with Crippen molar-refractivity contribution in [3.8, 4) is 23.0 Å². The van der Waals surface area contributed by atoms with Crippen LogP contribution in [-0.2, 0) is 0 Å². The maximum Gasteiger partial charge on any atom is 0.145 e. The van der Waals surface area contributed by atoms with Crippen LogP contribution in [0.3, 0.4) is 0 Å². The number of nitrogens with two attached hydrogens (primary N) is 1. The van der Waals surface area contributed by atoms with Gasteiger partial charge in [-0.05, 0) is 24.3 Å². The van der Waals surface area contributed by atoms with E-state index in [0.717, 1.165) is 16.9 Å². The molecule has 0 unspecified atom stereocenters. The fourth-order valence-electron chi connectivity index (χ4n) is 2.43. The topological polar surface area (TPSA) is 70.9 Å². The molecule has 3 rings (SSSR count). The molecule has 5 nitrogen and oxygen atoms in total. The van der Waals surface area contributed by atoms with E-state index < -0.39 is 0 Å². The molecule has 0 radical (unpaired) electrons. The highest BCUT2D eigenvalue weighted by atomic mass is 15.3. The van der Waals surface area contributed by atoms with Crippen LogP contribution in [0.5, 0.6) is 0 Å². The van der Waals surface area contributed by atoms with E-state index in [1.165, 1.54) is 0 Å². The Balaban J connectivity index is 2.11. The number of nitriles is 1. The van der Waals surface area contributed by atoms with Crippen molar-refractivity contribution >= 4 is 11.5 Å². The van der Waals surface area contributed by atoms with E-state index in [-0.39, 0.29) is 0 Å². The van der Waals surface area contributed by atoms with Gasteiger partial charge in [-0.15, -0.1) is 0 Å². The first-order valence-corrected chi connectivity index (χ1v) is 7.23. The minimum Gasteiger partial charge on any atom is -0.382 e. The van der Waals surface area contributed by atoms with Crippen LogP contribution >= 0.6 is 0 Å². The summed E-state index contributed by atoms with van der Waals surface area (Å²) in [5.41, 5.74) is 9.91. The number of nitrogen functional groups attached to an aromatic ring is 1. The van der Waals surface area contributed by atoms with Gasteiger partial charge in [0.25, 0.3) is 0 Å². The molecule has 3 aromatic rings. The van der Waals surface area contributed by atoms with E-state index in [2.05, 4.69) is 11.2 Å². The fourth-order valence-corrected chi connectivity index (χ4v) is 2.43. The van der Waals surface area contributed by atoms with Gasteiger partial charge in [0.1, 0.15) is 23.1 Å². The Kier molecular flexibility index (Phi) is 3.73. The van der Waals surface area contributed by atoms with E-state index >= 15 is 0 Å². The molecule has 0 bridgehead atoms. The summed E-state index contributed by atoms with van der Waals surface area (Å²) in [7, 11) is 3.97. The number of benzene rings is 2. The summed E-state index contributed by atoms with van der Waals surface area (Å²) in [5.74, 6) is 0.352. The van der Waals surface area contributed by atoms with Crippen molar-refractivity contribution < 1.29 is 0 Å². The molecule has 2 N–H and O–H groups in total. The van der Waals surface area contributed by atoms with Gasteiger partial charge in [0.2, 0.25) is 0 Å². The Morgan fingerprint density at radius 1 is 1.04 bits per heavy atom. The molecule has 23 heavy (non-hydrogen) atoms. The Morgan fingerprint density at radius 2 is 1.70 bits per heavy atom. The van der Waals surface area contributed by atoms with Crippen molar-refractivity contribution in [2.75, 3.05) is 24.7 Å². The van der Waals surface area contributed by atoms with Crippen molar-refractivity contribution in [3.05, 3.63) is 60.2 Å². The summed E-state index contributed by atoms with van der Waals surface area (Å²) in [6, 6.07) is 19.6. The highest BCUT2D eigenvalue weighted by Crippen LogP contribution is 2.29. The van der Waals surface area contributed by atoms with Crippen molar-refractivity contribution in [1.82, 2.24) is 9.78 Å². The Morgan fingerprint density at radius 3 is 2.26 bits per heavy atom. The molecule has 0 spiro atoms. The number of para-hydroxylation sites is 1. The maximum absolute atomic E-state index is 9.47. The first-order valence-electron chi connectivity index (χ1n) is 7.23. The smallest absolute Gasteiger partial charge is 0.145 e. The maximum atomic E-state index is 9.47. The van der Waals surface area contributed by atoms with Crippen LogP contribution in [0.2, 0.25) is 0 Å². The normalized spacial score (nSPS) is 10.3. The SMILES string of the molecule is CN(C)c1ccc(-c2nn(-c3ccccc3)c(N)c2C#N)cc1. The van der Waals surface area contributed by atoms with Crippen LogP contribution < -0.4 is 10.6 Å². The molecule has 5 heteroatoms. The molecule has 1 aromatic heterocycles. The van der Waals surface area contributed by atoms with E-state index in [4.69, 9.17) is 5.73 Å². The van der Waals surface area contributed by atoms with Crippen LogP contribution in [-0.4, -0.2) is 23.9 Å². The summed E-state index contributed by atoms with van der Waals surface area (Å²) in [6.45, 7) is 0. The van der Waals surface area contributed by atoms with E-state index in [0.29, 0.717) is 17.1 Å². The largest absolute Gasteiger partial charge is 0.382 e. The predicted octanol–water partition coefficient (Wildman–Crippen LogP) is 3.06. The molecule has 0 fully saturated rings. The predicted molar refractivity (Wildman–Crippen MR) is 92.5 cm³/mol. The van der Waals surface area contributed by atoms with Gasteiger partial charge in [-0.25, -0.2) is 4.68 Å². The molecule has 0 aliphatic rings. The van der Waals surface area contributed by atoms with Crippen LogP contribution in [0.25, 0.3) is 16.9 Å². The summed E-state index contributed by atoms with van der Waals surface area (Å²) in [6.07, 6.45) is 0. The zero-order valence-corrected chi connectivity index (χ0v) is 13.1. The summed E-state index contributed by atoms with van der Waals surface area (Å²) >= 11 is 0. The number of nitrogens with zero attached hydrogens (tertiary/aromatic N) is 4. The second kappa shape index (κ2) is 5.85. The molecular weight excluding hydrogens is 286 g/mol. The number of aromatic nitrogens is 2. The van der Waals surface area contributed by atoms with Crippen LogP contribution in [0.4, 0.5) is 11.5 Å². The van der Waals surface area contributed by atoms with Crippen molar-refractivity contribution in [1.29, 1.82) is 5.26 Å². The number of anilines is 2. The first kappa shape index (κ1) is 14.7. The number of rotatable bonds is 3. The van der Waals surface area contributed by atoms with E-state index in [9.17, 15) is 5.26 Å². The third-order valence-electron chi connectivity index (χ3n) is 3.69. The number of hydrogen-bond donors (Lipinski definition) is 1. The van der Waals surface area contributed by atoms with E-state index in [1.54, 1.807) is 4.68 Å². The third-order valence-corrected chi connectivity index (χ3v) is 3.69. The molecule has 0 saturated heterocycles. The highest BCUT2D eigenvalue weighted by Gasteiger charge is 2.17. The Bertz CT molecular complexity index is 855. The number of hydrogen-bond acceptors (Lipinski definition) is 4. The second-order valence-electron chi connectivity index (χ2n) is 5.41. The van der Waals surface area contributed by atoms with Gasteiger partial charge in [0.15, 0.2) is 0 Å². The average molecular weight is 303 g/mol. The zero-order valence-electron chi connectivity index (χ0n) is 13.1. The van der Waals surface area contributed by atoms with Gasteiger partial charge in [-0.3, -0.25) is 0 Å². The summed E-state index contributed by atoms with van der Waals surface area (Å²) < 4.78 is 1.60. The average Bonchev–Trinajstić information content (AvgIpc) is 2.92. The van der Waals surface area contributed by atoms with Gasteiger partial charge < -0.3 is 10.6 Å². The lowest BCUT2D eigenvalue weighted by molar-refractivity contribution is 0.895. The molecule has 0 atom stereocenters. The van der Waals surface area contributed by atoms with Crippen molar-refractivity contribution in [2.24, 2.45) is 0 Å². The standard InChI is InChI=1S/C18H17N5/c1-22(2)14-10-8-13(9-11-14)17-16(12-19)18(20)23(21-17)15-6-4-3-5-7-15/h3-11H,20H2,1-2H3. The zero-order chi connectivity index (χ0) is 16.4. The van der Waals surface area contributed by atoms with Crippen LogP contribution in [0.15, 0.2) is 54.6 Å². The fraction of sp³-hybridized carbons (Fsp3) is 0.111. The Labute approximate surface area is 135 Å². The molecule has 1 heterocycles. The minimum atomic E-state index is 0.352. The molecular formula is C18H17N5. The molecule has 0 saturated carbocycles. The third kappa shape index (κ3) is 2.62. The molecule has 0 amide bonds. The monoisotopic (exact) mass is 303 g/mol. The molecule has 2 aromatic carbocycles. The van der Waals surface area contributed by atoms with E-state index in [1.807, 2.05) is 73.6 Å². The van der Waals surface area contributed by atoms with Crippen LogP contribution in [0, 0.1) is 11.3 Å². The second-order valence-corrected chi connectivity index (χ2v) is 5.41. The molecule has 0 aliphatic carbocycles.